The van der Waals surface area contributed by atoms with Gasteiger partial charge in [-0.25, -0.2) is 0 Å². The van der Waals surface area contributed by atoms with Crippen molar-refractivity contribution < 1.29 is 9.66 Å². The first-order valence-electron chi connectivity index (χ1n) is 5.80. The van der Waals surface area contributed by atoms with E-state index in [-0.39, 0.29) is 11.9 Å². The molecule has 0 bridgehead atoms. The summed E-state index contributed by atoms with van der Waals surface area (Å²) >= 11 is 0. The zero-order valence-corrected chi connectivity index (χ0v) is 10.2. The Hall–Kier alpha value is -1.73. The Bertz CT molecular complexity index is 403. The maximum absolute atomic E-state index is 10.5. The average molecular weight is 252 g/mol. The first-order chi connectivity index (χ1) is 8.66. The number of aromatic nitrogens is 1. The summed E-state index contributed by atoms with van der Waals surface area (Å²) in [6, 6.07) is 3.10. The van der Waals surface area contributed by atoms with Crippen molar-refractivity contribution in [2.45, 2.75) is 6.10 Å². The Labute approximate surface area is 105 Å². The second kappa shape index (κ2) is 5.74. The molecule has 1 aromatic heterocycles. The van der Waals surface area contributed by atoms with Crippen molar-refractivity contribution in [2.24, 2.45) is 0 Å². The molecular formula is C11H16N4O3. The van der Waals surface area contributed by atoms with E-state index in [4.69, 9.17) is 4.74 Å². The number of hydrogen-bond donors (Lipinski definition) is 1. The highest BCUT2D eigenvalue weighted by Gasteiger charge is 2.17. The normalized spacial score (nSPS) is 19.5. The van der Waals surface area contributed by atoms with E-state index in [1.54, 1.807) is 6.07 Å². The molecule has 1 saturated heterocycles. The first kappa shape index (κ1) is 12.7. The van der Waals surface area contributed by atoms with Crippen molar-refractivity contribution in [3.63, 3.8) is 0 Å². The Morgan fingerprint density at radius 2 is 2.50 bits per heavy atom. The highest BCUT2D eigenvalue weighted by Crippen LogP contribution is 2.15. The molecule has 2 rings (SSSR count). The summed E-state index contributed by atoms with van der Waals surface area (Å²) in [4.78, 5) is 15.8. The van der Waals surface area contributed by atoms with E-state index >= 15 is 0 Å². The summed E-state index contributed by atoms with van der Waals surface area (Å²) in [5, 5.41) is 13.8. The predicted octanol–water partition coefficient (Wildman–Crippen LogP) is 0.414. The Balaban J connectivity index is 1.95. The summed E-state index contributed by atoms with van der Waals surface area (Å²) in [6.45, 7) is 3.16. The number of hydrogen-bond acceptors (Lipinski definition) is 6. The van der Waals surface area contributed by atoms with Gasteiger partial charge in [-0.2, -0.15) is 0 Å². The molecule has 0 aromatic carbocycles. The minimum atomic E-state index is -0.502. The van der Waals surface area contributed by atoms with Crippen LogP contribution < -0.4 is 10.2 Å². The molecule has 98 valence electrons. The van der Waals surface area contributed by atoms with E-state index in [2.05, 4.69) is 10.3 Å². The first-order valence-corrected chi connectivity index (χ1v) is 5.80. The van der Waals surface area contributed by atoms with Crippen molar-refractivity contribution >= 4 is 11.5 Å². The van der Waals surface area contributed by atoms with Crippen LogP contribution in [0.2, 0.25) is 0 Å². The second-order valence-electron chi connectivity index (χ2n) is 4.21. The lowest BCUT2D eigenvalue weighted by atomic mass is 10.2. The molecule has 1 N–H and O–H groups in total. The minimum Gasteiger partial charge on any atom is -0.374 e. The van der Waals surface area contributed by atoms with E-state index in [0.29, 0.717) is 0 Å². The van der Waals surface area contributed by atoms with E-state index in [1.807, 2.05) is 11.9 Å². The van der Waals surface area contributed by atoms with Gasteiger partial charge >= 0.3 is 5.82 Å². The quantitative estimate of drug-likeness (QED) is 0.617. The van der Waals surface area contributed by atoms with E-state index < -0.39 is 4.92 Å². The third-order valence-electron chi connectivity index (χ3n) is 2.84. The van der Waals surface area contributed by atoms with Crippen LogP contribution in [-0.4, -0.2) is 49.3 Å². The van der Waals surface area contributed by atoms with Gasteiger partial charge in [0.1, 0.15) is 0 Å². The van der Waals surface area contributed by atoms with Gasteiger partial charge in [-0.3, -0.25) is 0 Å². The maximum Gasteiger partial charge on any atom is 0.363 e. The number of ether oxygens (including phenoxy) is 1. The summed E-state index contributed by atoms with van der Waals surface area (Å²) in [5.41, 5.74) is 0.842. The van der Waals surface area contributed by atoms with Gasteiger partial charge in [0.25, 0.3) is 0 Å². The van der Waals surface area contributed by atoms with E-state index in [9.17, 15) is 10.1 Å². The summed E-state index contributed by atoms with van der Waals surface area (Å²) in [6.07, 6.45) is 1.65. The van der Waals surface area contributed by atoms with E-state index in [1.165, 1.54) is 12.3 Å². The van der Waals surface area contributed by atoms with Gasteiger partial charge in [0, 0.05) is 32.7 Å². The van der Waals surface area contributed by atoms with Crippen molar-refractivity contribution in [2.75, 3.05) is 38.2 Å². The fraction of sp³-hybridized carbons (Fsp3) is 0.545. The van der Waals surface area contributed by atoms with Gasteiger partial charge in [-0.15, -0.1) is 0 Å². The molecule has 7 heteroatoms. The van der Waals surface area contributed by atoms with Crippen molar-refractivity contribution in [1.82, 2.24) is 10.3 Å². The topological polar surface area (TPSA) is 80.5 Å². The molecule has 18 heavy (non-hydrogen) atoms. The van der Waals surface area contributed by atoms with Crippen LogP contribution in [-0.2, 0) is 4.74 Å². The van der Waals surface area contributed by atoms with Gasteiger partial charge in [-0.1, -0.05) is 0 Å². The minimum absolute atomic E-state index is 0.136. The molecule has 0 radical (unpaired) electrons. The Morgan fingerprint density at radius 1 is 1.67 bits per heavy atom. The van der Waals surface area contributed by atoms with Crippen LogP contribution in [0.4, 0.5) is 11.5 Å². The maximum atomic E-state index is 10.5. The SMILES string of the molecule is CN(CC1CNCCO1)c1ccc([N+](=O)[O-])nc1. The standard InChI is InChI=1S/C11H16N4O3/c1-14(8-10-7-12-4-5-18-10)9-2-3-11(13-6-9)15(16)17/h2-3,6,10,12H,4-5,7-8H2,1H3. The number of likely N-dealkylation sites (N-methyl/N-ethyl adjacent to an activating group) is 1. The highest BCUT2D eigenvalue weighted by molar-refractivity contribution is 5.45. The van der Waals surface area contributed by atoms with Crippen molar-refractivity contribution in [1.29, 1.82) is 0 Å². The zero-order valence-electron chi connectivity index (χ0n) is 10.2. The van der Waals surface area contributed by atoms with Gasteiger partial charge in [0.05, 0.1) is 18.4 Å². The zero-order chi connectivity index (χ0) is 13.0. The summed E-state index contributed by atoms with van der Waals surface area (Å²) < 4.78 is 5.60. The monoisotopic (exact) mass is 252 g/mol. The number of rotatable bonds is 4. The number of anilines is 1. The molecular weight excluding hydrogens is 236 g/mol. The van der Waals surface area contributed by atoms with Crippen molar-refractivity contribution in [3.05, 3.63) is 28.4 Å². The highest BCUT2D eigenvalue weighted by atomic mass is 16.6. The molecule has 1 aliphatic rings. The molecule has 1 unspecified atom stereocenters. The predicted molar refractivity (Wildman–Crippen MR) is 66.8 cm³/mol. The number of morpholine rings is 1. The lowest BCUT2D eigenvalue weighted by Crippen LogP contribution is -2.44. The molecule has 1 aliphatic heterocycles. The fourth-order valence-corrected chi connectivity index (χ4v) is 1.86. The Kier molecular flexibility index (Phi) is 4.06. The third-order valence-corrected chi connectivity index (χ3v) is 2.84. The molecule has 1 fully saturated rings. The molecule has 1 aromatic rings. The molecule has 0 spiro atoms. The lowest BCUT2D eigenvalue weighted by molar-refractivity contribution is -0.389. The molecule has 2 heterocycles. The molecule has 0 saturated carbocycles. The van der Waals surface area contributed by atoms with Crippen LogP contribution in [0.3, 0.4) is 0 Å². The smallest absolute Gasteiger partial charge is 0.363 e. The molecule has 1 atom stereocenters. The van der Waals surface area contributed by atoms with Crippen LogP contribution in [0.15, 0.2) is 18.3 Å². The largest absolute Gasteiger partial charge is 0.374 e. The number of pyridine rings is 1. The molecule has 0 aliphatic carbocycles. The van der Waals surface area contributed by atoms with E-state index in [0.717, 1.165) is 31.9 Å². The second-order valence-corrected chi connectivity index (χ2v) is 4.21. The molecule has 0 amide bonds. The van der Waals surface area contributed by atoms with Gasteiger partial charge in [0.15, 0.2) is 6.20 Å². The van der Waals surface area contributed by atoms with Crippen LogP contribution >= 0.6 is 0 Å². The average Bonchev–Trinajstić information content (AvgIpc) is 2.40. The Morgan fingerprint density at radius 3 is 3.06 bits per heavy atom. The van der Waals surface area contributed by atoms with Crippen molar-refractivity contribution in [3.8, 4) is 0 Å². The molecule has 7 nitrogen and oxygen atoms in total. The van der Waals surface area contributed by atoms with Gasteiger partial charge in [0.2, 0.25) is 0 Å². The number of nitro groups is 1. The summed E-state index contributed by atoms with van der Waals surface area (Å²) in [5.74, 6) is -0.136. The number of nitrogens with one attached hydrogen (secondary N) is 1. The lowest BCUT2D eigenvalue weighted by Gasteiger charge is -2.28. The fourth-order valence-electron chi connectivity index (χ4n) is 1.86. The number of nitrogens with zero attached hydrogens (tertiary/aromatic N) is 3. The van der Waals surface area contributed by atoms with Crippen LogP contribution in [0.5, 0.6) is 0 Å². The van der Waals surface area contributed by atoms with Crippen LogP contribution in [0.25, 0.3) is 0 Å². The third kappa shape index (κ3) is 3.14. The van der Waals surface area contributed by atoms with Crippen LogP contribution in [0, 0.1) is 10.1 Å². The summed E-state index contributed by atoms with van der Waals surface area (Å²) in [7, 11) is 1.92. The van der Waals surface area contributed by atoms with Gasteiger partial charge < -0.3 is 25.1 Å². The van der Waals surface area contributed by atoms with Crippen LogP contribution in [0.1, 0.15) is 0 Å². The van der Waals surface area contributed by atoms with Gasteiger partial charge in [-0.05, 0) is 16.0 Å².